The molecule has 9 heteroatoms. The van der Waals surface area contributed by atoms with Crippen molar-refractivity contribution >= 4 is 28.9 Å². The van der Waals surface area contributed by atoms with Crippen LogP contribution >= 0.6 is 11.3 Å². The summed E-state index contributed by atoms with van der Waals surface area (Å²) in [6.45, 7) is 1.88. The van der Waals surface area contributed by atoms with Crippen LogP contribution in [0.1, 0.15) is 56.7 Å². The van der Waals surface area contributed by atoms with E-state index in [1.165, 1.54) is 4.88 Å². The Kier molecular flexibility index (Phi) is 6.23. The number of carboxylic acids is 1. The first-order valence-electron chi connectivity index (χ1n) is 12.6. The molecule has 6 rings (SSSR count). The average Bonchev–Trinajstić information content (AvgIpc) is 3.60. The number of carbonyl (C=O) groups excluding carboxylic acids is 1. The molecule has 4 aromatic rings. The van der Waals surface area contributed by atoms with E-state index >= 15 is 0 Å². The van der Waals surface area contributed by atoms with Crippen LogP contribution in [0.3, 0.4) is 0 Å². The van der Waals surface area contributed by atoms with E-state index in [-0.39, 0.29) is 17.3 Å². The lowest BCUT2D eigenvalue weighted by Gasteiger charge is -2.36. The fourth-order valence-electron chi connectivity index (χ4n) is 5.87. The number of fused-ring (bicyclic) bond motifs is 1. The van der Waals surface area contributed by atoms with Gasteiger partial charge in [-0.3, -0.25) is 4.79 Å². The Morgan fingerprint density at radius 1 is 1.08 bits per heavy atom. The number of para-hydroxylation sites is 2. The zero-order valence-corrected chi connectivity index (χ0v) is 22.5. The number of rotatable bonds is 6. The van der Waals surface area contributed by atoms with Crippen LogP contribution in [0.2, 0.25) is 0 Å². The molecule has 2 aromatic heterocycles. The number of nitrogens with one attached hydrogen (secondary N) is 1. The summed E-state index contributed by atoms with van der Waals surface area (Å²) in [7, 11) is 3.18. The van der Waals surface area contributed by atoms with Crippen molar-refractivity contribution in [1.29, 1.82) is 0 Å². The van der Waals surface area contributed by atoms with Crippen molar-refractivity contribution in [2.45, 2.75) is 31.6 Å². The van der Waals surface area contributed by atoms with Crippen LogP contribution in [-0.2, 0) is 4.79 Å². The molecule has 2 N–H and O–H groups in total. The van der Waals surface area contributed by atoms with E-state index in [2.05, 4.69) is 11.4 Å². The SMILES string of the molecule is COc1cccc([C@H]2C3=C(C[C@H](c4cccs4)CC3=O)Nc3c2c(C)nn3-c2ccccc2C(=O)O)c1OC. The summed E-state index contributed by atoms with van der Waals surface area (Å²) in [5, 5.41) is 20.3. The molecule has 0 amide bonds. The molecule has 1 aliphatic heterocycles. The van der Waals surface area contributed by atoms with Crippen LogP contribution in [0.15, 0.2) is 71.2 Å². The Bertz CT molecular complexity index is 1640. The summed E-state index contributed by atoms with van der Waals surface area (Å²) >= 11 is 1.65. The van der Waals surface area contributed by atoms with E-state index in [0.29, 0.717) is 47.1 Å². The third kappa shape index (κ3) is 4.01. The molecule has 2 aliphatic rings. The first-order valence-corrected chi connectivity index (χ1v) is 13.5. The predicted octanol–water partition coefficient (Wildman–Crippen LogP) is 5.92. The zero-order chi connectivity index (χ0) is 27.3. The van der Waals surface area contributed by atoms with Crippen molar-refractivity contribution < 1.29 is 24.2 Å². The number of allylic oxidation sites excluding steroid dienone is 2. The highest BCUT2D eigenvalue weighted by atomic mass is 32.1. The molecule has 2 aromatic carbocycles. The second-order valence-electron chi connectivity index (χ2n) is 9.66. The molecular weight excluding hydrogens is 514 g/mol. The summed E-state index contributed by atoms with van der Waals surface area (Å²) in [5.74, 6) is 0.384. The van der Waals surface area contributed by atoms with Gasteiger partial charge in [0, 0.05) is 45.5 Å². The molecule has 8 nitrogen and oxygen atoms in total. The number of hydrogen-bond donors (Lipinski definition) is 2. The molecule has 39 heavy (non-hydrogen) atoms. The van der Waals surface area contributed by atoms with E-state index in [4.69, 9.17) is 14.6 Å². The maximum Gasteiger partial charge on any atom is 0.337 e. The summed E-state index contributed by atoms with van der Waals surface area (Å²) in [4.78, 5) is 27.2. The Balaban J connectivity index is 1.61. The number of ether oxygens (including phenoxy) is 2. The topological polar surface area (TPSA) is 103 Å². The minimum Gasteiger partial charge on any atom is -0.493 e. The number of anilines is 1. The van der Waals surface area contributed by atoms with Crippen molar-refractivity contribution in [3.05, 3.63) is 98.5 Å². The number of hydrogen-bond acceptors (Lipinski definition) is 7. The van der Waals surface area contributed by atoms with Gasteiger partial charge in [-0.2, -0.15) is 5.10 Å². The molecule has 0 saturated carbocycles. The first-order chi connectivity index (χ1) is 18.9. The fourth-order valence-corrected chi connectivity index (χ4v) is 6.70. The van der Waals surface area contributed by atoms with Crippen LogP contribution in [0.25, 0.3) is 5.69 Å². The number of thiophene rings is 1. The van der Waals surface area contributed by atoms with E-state index in [0.717, 1.165) is 16.8 Å². The second-order valence-corrected chi connectivity index (χ2v) is 10.6. The van der Waals surface area contributed by atoms with Gasteiger partial charge in [-0.15, -0.1) is 11.3 Å². The molecule has 0 saturated heterocycles. The van der Waals surface area contributed by atoms with Crippen molar-refractivity contribution in [1.82, 2.24) is 9.78 Å². The van der Waals surface area contributed by atoms with Crippen LogP contribution in [0.4, 0.5) is 5.82 Å². The summed E-state index contributed by atoms with van der Waals surface area (Å²) in [5.41, 5.74) is 4.38. The Labute approximate surface area is 229 Å². The Morgan fingerprint density at radius 2 is 1.90 bits per heavy atom. The molecule has 0 bridgehead atoms. The summed E-state index contributed by atoms with van der Waals surface area (Å²) < 4.78 is 13.1. The lowest BCUT2D eigenvalue weighted by Crippen LogP contribution is -2.30. The number of ketones is 1. The number of methoxy groups -OCH3 is 2. The molecule has 0 fully saturated rings. The second kappa shape index (κ2) is 9.74. The molecule has 1 aliphatic carbocycles. The smallest absolute Gasteiger partial charge is 0.337 e. The van der Waals surface area contributed by atoms with Gasteiger partial charge < -0.3 is 19.9 Å². The van der Waals surface area contributed by atoms with Crippen LogP contribution in [-0.4, -0.2) is 40.9 Å². The van der Waals surface area contributed by atoms with Crippen LogP contribution < -0.4 is 14.8 Å². The zero-order valence-electron chi connectivity index (χ0n) is 21.7. The number of aromatic nitrogens is 2. The van der Waals surface area contributed by atoms with E-state index in [1.54, 1.807) is 54.5 Å². The number of aryl methyl sites for hydroxylation is 1. The number of nitrogens with zero attached hydrogens (tertiary/aromatic N) is 2. The highest BCUT2D eigenvalue weighted by molar-refractivity contribution is 7.10. The van der Waals surface area contributed by atoms with Crippen molar-refractivity contribution in [3.63, 3.8) is 0 Å². The van der Waals surface area contributed by atoms with E-state index < -0.39 is 11.9 Å². The maximum absolute atomic E-state index is 13.9. The van der Waals surface area contributed by atoms with Crippen LogP contribution in [0, 0.1) is 6.92 Å². The molecule has 0 unspecified atom stereocenters. The number of aromatic carboxylic acids is 1. The van der Waals surface area contributed by atoms with Crippen LogP contribution in [0.5, 0.6) is 11.5 Å². The molecular formula is C30H27N3O5S. The normalized spacial score (nSPS) is 18.3. The number of benzene rings is 2. The van der Waals surface area contributed by atoms with Gasteiger partial charge in [0.15, 0.2) is 17.3 Å². The number of carboxylic acid groups (broad SMARTS) is 1. The predicted molar refractivity (Wildman–Crippen MR) is 149 cm³/mol. The quantitative estimate of drug-likeness (QED) is 0.313. The van der Waals surface area contributed by atoms with Gasteiger partial charge in [0.05, 0.1) is 31.2 Å². The lowest BCUT2D eigenvalue weighted by molar-refractivity contribution is -0.116. The summed E-state index contributed by atoms with van der Waals surface area (Å²) in [6, 6.07) is 16.5. The highest BCUT2D eigenvalue weighted by Gasteiger charge is 2.43. The summed E-state index contributed by atoms with van der Waals surface area (Å²) in [6.07, 6.45) is 1.06. The van der Waals surface area contributed by atoms with Gasteiger partial charge in [0.25, 0.3) is 0 Å². The third-order valence-electron chi connectivity index (χ3n) is 7.51. The van der Waals surface area contributed by atoms with Gasteiger partial charge in [0.1, 0.15) is 5.82 Å². The van der Waals surface area contributed by atoms with Gasteiger partial charge >= 0.3 is 5.97 Å². The van der Waals surface area contributed by atoms with Crippen molar-refractivity contribution in [2.24, 2.45) is 0 Å². The minimum atomic E-state index is -1.04. The van der Waals surface area contributed by atoms with Crippen molar-refractivity contribution in [3.8, 4) is 17.2 Å². The highest BCUT2D eigenvalue weighted by Crippen LogP contribution is 2.52. The molecule has 198 valence electrons. The standard InChI is InChI=1S/C30H27N3O5S/c1-16-25-26(19-9-6-11-23(37-2)28(19)38-3)27-20(14-17(15-22(27)34)24-12-7-13-39-24)31-29(25)33(32-16)21-10-5-4-8-18(21)30(35)36/h4-13,17,26,31H,14-15H2,1-3H3,(H,35,36)/t17-,26+/m0/s1. The molecule has 0 radical (unpaired) electrons. The van der Waals surface area contributed by atoms with Gasteiger partial charge in [-0.05, 0) is 43.0 Å². The van der Waals surface area contributed by atoms with Gasteiger partial charge in [-0.1, -0.05) is 30.3 Å². The Morgan fingerprint density at radius 3 is 2.62 bits per heavy atom. The number of Topliss-reactive ketones (excluding diaryl/α,β-unsaturated/α-hetero) is 1. The van der Waals surface area contributed by atoms with E-state index in [1.807, 2.05) is 36.6 Å². The fraction of sp³-hybridized carbons (Fsp3) is 0.233. The molecule has 0 spiro atoms. The molecule has 2 atom stereocenters. The average molecular weight is 542 g/mol. The minimum absolute atomic E-state index is 0.0573. The largest absolute Gasteiger partial charge is 0.493 e. The van der Waals surface area contributed by atoms with Crippen molar-refractivity contribution in [2.75, 3.05) is 19.5 Å². The molecule has 3 heterocycles. The van der Waals surface area contributed by atoms with E-state index in [9.17, 15) is 14.7 Å². The third-order valence-corrected chi connectivity index (χ3v) is 8.55. The van der Waals surface area contributed by atoms with Gasteiger partial charge in [-0.25, -0.2) is 9.48 Å². The lowest BCUT2D eigenvalue weighted by atomic mass is 9.73. The first kappa shape index (κ1) is 24.9. The maximum atomic E-state index is 13.9. The van der Waals surface area contributed by atoms with Gasteiger partial charge in [0.2, 0.25) is 0 Å². The number of carbonyl (C=O) groups is 2. The monoisotopic (exact) mass is 541 g/mol. The Hall–Kier alpha value is -4.37.